The minimum Gasteiger partial charge on any atom is -0.208 e. The SMILES string of the molecule is c1ccc(-c2ccc3c(c2)sc2cc(-c4nc(-c5ccccc5)nc(-c5ccccc5-c5ccccc5-c5ccc6c7ccccc7c7ccccc7c6c5)n4)ccc23)cc1. The van der Waals surface area contributed by atoms with Gasteiger partial charge >= 0.3 is 0 Å². The summed E-state index contributed by atoms with van der Waals surface area (Å²) in [5, 5.41) is 10.1. The van der Waals surface area contributed by atoms with E-state index in [-0.39, 0.29) is 0 Å². The molecule has 0 fully saturated rings. The second-order valence-electron chi connectivity index (χ2n) is 15.5. The molecule has 0 aliphatic carbocycles. The molecule has 4 heteroatoms. The summed E-state index contributed by atoms with van der Waals surface area (Å²) in [4.78, 5) is 15.6. The standard InChI is InChI=1S/C57H35N3S/c1-3-15-36(16-4-1)38-27-31-49-50-32-29-40(35-54(50)61-53(49)34-38)56-58-55(37-17-5-2-6-18-37)59-57(60-56)51-26-14-13-24-46(51)42-20-8-7-19-41(42)39-28-30-48-45-23-10-9-21-43(45)44-22-11-12-25-47(44)52(48)33-39/h1-35H. The number of thiophene rings is 1. The monoisotopic (exact) mass is 793 g/mol. The molecule has 0 aliphatic rings. The summed E-state index contributed by atoms with van der Waals surface area (Å²) in [6, 6.07) is 75.8. The zero-order chi connectivity index (χ0) is 40.3. The van der Waals surface area contributed by atoms with Crippen molar-refractivity contribution >= 4 is 63.8 Å². The van der Waals surface area contributed by atoms with Crippen LogP contribution in [0.15, 0.2) is 212 Å². The molecule has 0 amide bonds. The predicted molar refractivity (Wildman–Crippen MR) is 258 cm³/mol. The Morgan fingerprint density at radius 1 is 0.230 bits per heavy atom. The van der Waals surface area contributed by atoms with Crippen LogP contribution in [0.5, 0.6) is 0 Å². The average Bonchev–Trinajstić information content (AvgIpc) is 3.72. The highest BCUT2D eigenvalue weighted by atomic mass is 32.1. The fourth-order valence-electron chi connectivity index (χ4n) is 9.03. The van der Waals surface area contributed by atoms with Gasteiger partial charge in [0.1, 0.15) is 0 Å². The molecule has 0 atom stereocenters. The Labute approximate surface area is 356 Å². The van der Waals surface area contributed by atoms with Crippen molar-refractivity contribution < 1.29 is 0 Å². The van der Waals surface area contributed by atoms with Crippen molar-refractivity contribution in [2.45, 2.75) is 0 Å². The summed E-state index contributed by atoms with van der Waals surface area (Å²) >= 11 is 1.81. The third-order valence-electron chi connectivity index (χ3n) is 11.9. The van der Waals surface area contributed by atoms with Crippen LogP contribution in [0, 0.1) is 0 Å². The van der Waals surface area contributed by atoms with Crippen LogP contribution in [0.25, 0.3) is 120 Å². The largest absolute Gasteiger partial charge is 0.208 e. The van der Waals surface area contributed by atoms with Crippen LogP contribution in [0.4, 0.5) is 0 Å². The van der Waals surface area contributed by atoms with E-state index >= 15 is 0 Å². The first-order valence-electron chi connectivity index (χ1n) is 20.6. The number of hydrogen-bond donors (Lipinski definition) is 0. The number of hydrogen-bond acceptors (Lipinski definition) is 4. The van der Waals surface area contributed by atoms with Crippen molar-refractivity contribution in [2.75, 3.05) is 0 Å². The van der Waals surface area contributed by atoms with Gasteiger partial charge in [0.05, 0.1) is 0 Å². The van der Waals surface area contributed by atoms with E-state index in [0.717, 1.165) is 38.9 Å². The Bertz CT molecular complexity index is 3610. The van der Waals surface area contributed by atoms with Gasteiger partial charge in [-0.3, -0.25) is 0 Å². The molecule has 10 aromatic carbocycles. The molecule has 12 aromatic rings. The highest BCUT2D eigenvalue weighted by Crippen LogP contribution is 2.42. The molecule has 3 nitrogen and oxygen atoms in total. The molecular formula is C57H35N3S. The van der Waals surface area contributed by atoms with Gasteiger partial charge in [-0.05, 0) is 83.9 Å². The number of fused-ring (bicyclic) bond motifs is 9. The Kier molecular flexibility index (Phi) is 8.36. The second kappa shape index (κ2) is 14.5. The molecule has 0 N–H and O–H groups in total. The highest BCUT2D eigenvalue weighted by molar-refractivity contribution is 7.25. The normalized spacial score (nSPS) is 11.6. The maximum Gasteiger partial charge on any atom is 0.164 e. The van der Waals surface area contributed by atoms with Crippen molar-refractivity contribution in [3.63, 3.8) is 0 Å². The second-order valence-corrected chi connectivity index (χ2v) is 16.6. The van der Waals surface area contributed by atoms with E-state index < -0.39 is 0 Å². The number of nitrogens with zero attached hydrogens (tertiary/aromatic N) is 3. The number of aromatic nitrogens is 3. The fraction of sp³-hybridized carbons (Fsp3) is 0. The van der Waals surface area contributed by atoms with E-state index in [9.17, 15) is 0 Å². The van der Waals surface area contributed by atoms with Crippen LogP contribution >= 0.6 is 11.3 Å². The van der Waals surface area contributed by atoms with Crippen LogP contribution in [0.1, 0.15) is 0 Å². The van der Waals surface area contributed by atoms with Crippen LogP contribution in [0.3, 0.4) is 0 Å². The lowest BCUT2D eigenvalue weighted by molar-refractivity contribution is 1.07. The van der Waals surface area contributed by atoms with E-state index in [1.165, 1.54) is 63.6 Å². The van der Waals surface area contributed by atoms with Crippen LogP contribution in [0.2, 0.25) is 0 Å². The van der Waals surface area contributed by atoms with Gasteiger partial charge in [-0.1, -0.05) is 194 Å². The molecule has 61 heavy (non-hydrogen) atoms. The topological polar surface area (TPSA) is 38.7 Å². The Morgan fingerprint density at radius 2 is 0.639 bits per heavy atom. The molecule has 2 aromatic heterocycles. The third-order valence-corrected chi connectivity index (χ3v) is 13.1. The Morgan fingerprint density at radius 3 is 1.28 bits per heavy atom. The average molecular weight is 794 g/mol. The van der Waals surface area contributed by atoms with Crippen LogP contribution < -0.4 is 0 Å². The smallest absolute Gasteiger partial charge is 0.164 e. The van der Waals surface area contributed by atoms with Gasteiger partial charge in [-0.2, -0.15) is 0 Å². The first kappa shape index (κ1) is 35.2. The first-order valence-corrected chi connectivity index (χ1v) is 21.4. The van der Waals surface area contributed by atoms with E-state index in [0.29, 0.717) is 17.5 Å². The molecule has 0 radical (unpaired) electrons. The number of benzene rings is 10. The zero-order valence-corrected chi connectivity index (χ0v) is 33.8. The fourth-order valence-corrected chi connectivity index (χ4v) is 10.2. The molecule has 0 saturated heterocycles. The molecule has 0 unspecified atom stereocenters. The molecule has 284 valence electrons. The van der Waals surface area contributed by atoms with E-state index in [1.807, 2.05) is 29.5 Å². The minimum atomic E-state index is 0.633. The van der Waals surface area contributed by atoms with Gasteiger partial charge < -0.3 is 0 Å². The minimum absolute atomic E-state index is 0.633. The lowest BCUT2D eigenvalue weighted by Gasteiger charge is -2.16. The molecule has 0 aliphatic heterocycles. The summed E-state index contributed by atoms with van der Waals surface area (Å²) in [6.45, 7) is 0. The van der Waals surface area contributed by atoms with Crippen molar-refractivity contribution in [3.8, 4) is 67.5 Å². The van der Waals surface area contributed by atoms with Crippen LogP contribution in [-0.2, 0) is 0 Å². The van der Waals surface area contributed by atoms with Crippen LogP contribution in [-0.4, -0.2) is 15.0 Å². The van der Waals surface area contributed by atoms with Crippen molar-refractivity contribution in [1.82, 2.24) is 15.0 Å². The van der Waals surface area contributed by atoms with E-state index in [2.05, 4.69) is 194 Å². The number of rotatable bonds is 6. The van der Waals surface area contributed by atoms with Gasteiger partial charge in [0.15, 0.2) is 17.5 Å². The maximum atomic E-state index is 5.29. The summed E-state index contributed by atoms with van der Waals surface area (Å²) in [6.07, 6.45) is 0. The van der Waals surface area contributed by atoms with Gasteiger partial charge in [-0.25, -0.2) is 15.0 Å². The maximum absolute atomic E-state index is 5.29. The summed E-state index contributed by atoms with van der Waals surface area (Å²) < 4.78 is 2.46. The van der Waals surface area contributed by atoms with Gasteiger partial charge in [0, 0.05) is 36.9 Å². The van der Waals surface area contributed by atoms with E-state index in [4.69, 9.17) is 15.0 Å². The third kappa shape index (κ3) is 6.07. The molecule has 12 rings (SSSR count). The van der Waals surface area contributed by atoms with Gasteiger partial charge in [0.2, 0.25) is 0 Å². The predicted octanol–water partition coefficient (Wildman–Crippen LogP) is 15.7. The van der Waals surface area contributed by atoms with Crippen molar-refractivity contribution in [1.29, 1.82) is 0 Å². The summed E-state index contributed by atoms with van der Waals surface area (Å²) in [5.41, 5.74) is 9.77. The van der Waals surface area contributed by atoms with Gasteiger partial charge in [-0.15, -0.1) is 11.3 Å². The van der Waals surface area contributed by atoms with Crippen molar-refractivity contribution in [3.05, 3.63) is 212 Å². The van der Waals surface area contributed by atoms with Crippen molar-refractivity contribution in [2.24, 2.45) is 0 Å². The lowest BCUT2D eigenvalue weighted by atomic mass is 9.88. The molecule has 0 saturated carbocycles. The summed E-state index contributed by atoms with van der Waals surface area (Å²) in [7, 11) is 0. The molecular weight excluding hydrogens is 759 g/mol. The molecule has 0 bridgehead atoms. The molecule has 0 spiro atoms. The Hall–Kier alpha value is -7.79. The first-order chi connectivity index (χ1) is 30.2. The lowest BCUT2D eigenvalue weighted by Crippen LogP contribution is -2.01. The Balaban J connectivity index is 1.01. The molecule has 2 heterocycles. The summed E-state index contributed by atoms with van der Waals surface area (Å²) in [5.74, 6) is 1.92. The highest BCUT2D eigenvalue weighted by Gasteiger charge is 2.19. The van der Waals surface area contributed by atoms with Gasteiger partial charge in [0.25, 0.3) is 0 Å². The van der Waals surface area contributed by atoms with E-state index in [1.54, 1.807) is 0 Å². The quantitative estimate of drug-likeness (QED) is 0.157. The zero-order valence-electron chi connectivity index (χ0n) is 33.0.